The number of amidine groups is 1. The van der Waals surface area contributed by atoms with E-state index in [4.69, 9.17) is 44.8 Å². The molecule has 2 atom stereocenters. The average Bonchev–Trinajstić information content (AvgIpc) is 2.78. The van der Waals surface area contributed by atoms with Gasteiger partial charge in [-0.2, -0.15) is 0 Å². The molecule has 0 aromatic heterocycles. The predicted octanol–water partition coefficient (Wildman–Crippen LogP) is 4.74. The van der Waals surface area contributed by atoms with Crippen LogP contribution >= 0.6 is 23.8 Å². The highest BCUT2D eigenvalue weighted by Gasteiger charge is 2.40. The number of thiocarbonyl (C=S) groups is 1. The normalized spacial score (nSPS) is 16.9. The summed E-state index contributed by atoms with van der Waals surface area (Å²) in [5, 5.41) is 3.91. The van der Waals surface area contributed by atoms with Gasteiger partial charge in [0, 0.05) is 17.1 Å². The van der Waals surface area contributed by atoms with Crippen LogP contribution in [0.25, 0.3) is 0 Å². The lowest BCUT2D eigenvalue weighted by Crippen LogP contribution is -2.48. The summed E-state index contributed by atoms with van der Waals surface area (Å²) in [5.74, 6) is 0.482. The molecule has 0 saturated carbocycles. The number of halogens is 1. The predicted molar refractivity (Wildman–Crippen MR) is 145 cm³/mol. The lowest BCUT2D eigenvalue weighted by Gasteiger charge is -2.32. The number of aliphatic imine (C=N–C) groups is 1. The maximum Gasteiger partial charge on any atom is 0.331 e. The van der Waals surface area contributed by atoms with Crippen LogP contribution < -0.4 is 21.5 Å². The lowest BCUT2D eigenvalue weighted by molar-refractivity contribution is -0.162. The van der Waals surface area contributed by atoms with Crippen LogP contribution in [-0.4, -0.2) is 35.0 Å². The van der Waals surface area contributed by atoms with E-state index >= 15 is 0 Å². The smallest absolute Gasteiger partial charge is 0.331 e. The van der Waals surface area contributed by atoms with Gasteiger partial charge in [0.15, 0.2) is 6.10 Å². The number of hydrogen-bond acceptors (Lipinski definition) is 7. The maximum atomic E-state index is 13.3. The Morgan fingerprint density at radius 2 is 1.89 bits per heavy atom. The van der Waals surface area contributed by atoms with E-state index < -0.39 is 17.1 Å². The fourth-order valence-corrected chi connectivity index (χ4v) is 3.99. The Bertz CT molecular complexity index is 1110. The molecule has 1 heterocycles. The van der Waals surface area contributed by atoms with Gasteiger partial charge in [0.1, 0.15) is 33.4 Å². The topological polar surface area (TPSA) is 112 Å². The molecule has 2 aromatic carbocycles. The first-order chi connectivity index (χ1) is 16.4. The summed E-state index contributed by atoms with van der Waals surface area (Å²) >= 11 is 11.4. The van der Waals surface area contributed by atoms with Gasteiger partial charge in [0.25, 0.3) is 0 Å². The molecule has 2 aromatic rings. The van der Waals surface area contributed by atoms with Crippen molar-refractivity contribution in [3.8, 4) is 5.75 Å². The number of rotatable bonds is 8. The Labute approximate surface area is 217 Å². The van der Waals surface area contributed by atoms with E-state index in [1.54, 1.807) is 30.3 Å². The Morgan fingerprint density at radius 1 is 1.20 bits per heavy atom. The van der Waals surface area contributed by atoms with Crippen molar-refractivity contribution >= 4 is 46.3 Å². The molecule has 0 spiro atoms. The maximum absolute atomic E-state index is 13.3. The molecule has 1 aliphatic heterocycles. The zero-order valence-corrected chi connectivity index (χ0v) is 22.1. The summed E-state index contributed by atoms with van der Waals surface area (Å²) in [6, 6.07) is 12.7. The zero-order chi connectivity index (χ0) is 25.8. The van der Waals surface area contributed by atoms with Crippen LogP contribution in [-0.2, 0) is 15.1 Å². The summed E-state index contributed by atoms with van der Waals surface area (Å²) in [4.78, 5) is 18.3. The molecular formula is C26H33ClN4O3S. The van der Waals surface area contributed by atoms with Crippen molar-refractivity contribution in [2.24, 2.45) is 16.5 Å². The number of unbranched alkanes of at least 4 members (excludes halogenated alkanes) is 1. The standard InChI is InChI=1S/C26H33ClN4O3S/c1-16-22(28)31-20-15-18(9-12-21(20)33-16)26(29,24(32)34-25(2,3)4)13-5-6-14-30-23(35)17-7-10-19(27)11-8-17/h7-12,15-16H,5-6,13-14,29H2,1-4H3,(H2,28,31)(H,30,35). The van der Waals surface area contributed by atoms with Gasteiger partial charge >= 0.3 is 5.97 Å². The Morgan fingerprint density at radius 3 is 2.54 bits per heavy atom. The van der Waals surface area contributed by atoms with Gasteiger partial charge in [0.05, 0.1) is 0 Å². The van der Waals surface area contributed by atoms with Crippen LogP contribution in [0, 0.1) is 0 Å². The van der Waals surface area contributed by atoms with Gasteiger partial charge in [-0.05, 0) is 76.8 Å². The number of esters is 1. The number of ether oxygens (including phenoxy) is 2. The molecule has 0 bridgehead atoms. The summed E-state index contributed by atoms with van der Waals surface area (Å²) in [6.45, 7) is 7.93. The quantitative estimate of drug-likeness (QED) is 0.264. The van der Waals surface area contributed by atoms with E-state index in [0.29, 0.717) is 52.2 Å². The molecule has 0 fully saturated rings. The van der Waals surface area contributed by atoms with Crippen LogP contribution in [0.4, 0.5) is 5.69 Å². The molecule has 3 rings (SSSR count). The SMILES string of the molecule is CC1Oc2ccc(C(N)(CCCCNC(=S)c3ccc(Cl)cc3)C(=O)OC(C)(C)C)cc2N=C1N. The monoisotopic (exact) mass is 516 g/mol. The van der Waals surface area contributed by atoms with Crippen molar-refractivity contribution < 1.29 is 14.3 Å². The fraction of sp³-hybridized carbons (Fsp3) is 0.423. The van der Waals surface area contributed by atoms with Crippen LogP contribution in [0.1, 0.15) is 58.1 Å². The summed E-state index contributed by atoms with van der Waals surface area (Å²) < 4.78 is 11.5. The molecule has 0 amide bonds. The third-order valence-electron chi connectivity index (χ3n) is 5.60. The summed E-state index contributed by atoms with van der Waals surface area (Å²) in [5.41, 5.74) is 12.7. The largest absolute Gasteiger partial charge is 0.481 e. The Balaban J connectivity index is 1.71. The van der Waals surface area contributed by atoms with E-state index in [-0.39, 0.29) is 6.10 Å². The van der Waals surface area contributed by atoms with Crippen molar-refractivity contribution in [3.63, 3.8) is 0 Å². The molecule has 7 nitrogen and oxygen atoms in total. The number of carbonyl (C=O) groups is 1. The van der Waals surface area contributed by atoms with Crippen LogP contribution in [0.15, 0.2) is 47.5 Å². The third kappa shape index (κ3) is 6.93. The summed E-state index contributed by atoms with van der Waals surface area (Å²) in [7, 11) is 0. The van der Waals surface area contributed by atoms with E-state index in [1.165, 1.54) is 0 Å². The first-order valence-electron chi connectivity index (χ1n) is 11.6. The van der Waals surface area contributed by atoms with Crippen LogP contribution in [0.3, 0.4) is 0 Å². The van der Waals surface area contributed by atoms with Crippen molar-refractivity contribution in [2.75, 3.05) is 6.54 Å². The van der Waals surface area contributed by atoms with Gasteiger partial charge in [-0.3, -0.25) is 0 Å². The van der Waals surface area contributed by atoms with Crippen molar-refractivity contribution in [1.29, 1.82) is 0 Å². The van der Waals surface area contributed by atoms with Crippen LogP contribution in [0.2, 0.25) is 5.02 Å². The van der Waals surface area contributed by atoms with E-state index in [1.807, 2.05) is 39.8 Å². The van der Waals surface area contributed by atoms with Crippen LogP contribution in [0.5, 0.6) is 5.75 Å². The van der Waals surface area contributed by atoms with Gasteiger partial charge in [-0.1, -0.05) is 42.0 Å². The van der Waals surface area contributed by atoms with Crippen molar-refractivity contribution in [1.82, 2.24) is 5.32 Å². The minimum atomic E-state index is -1.35. The van der Waals surface area contributed by atoms with E-state index in [2.05, 4.69) is 10.3 Å². The number of fused-ring (bicyclic) bond motifs is 1. The highest BCUT2D eigenvalue weighted by atomic mass is 35.5. The number of benzene rings is 2. The molecule has 0 aliphatic carbocycles. The first kappa shape index (κ1) is 26.9. The minimum absolute atomic E-state index is 0.312. The van der Waals surface area contributed by atoms with Crippen molar-refractivity contribution in [2.45, 2.75) is 64.2 Å². The molecule has 2 unspecified atom stereocenters. The molecule has 5 N–H and O–H groups in total. The second-order valence-corrected chi connectivity index (χ2v) is 10.5. The number of nitrogens with two attached hydrogens (primary N) is 2. The van der Waals surface area contributed by atoms with Crippen molar-refractivity contribution in [3.05, 3.63) is 58.6 Å². The molecule has 35 heavy (non-hydrogen) atoms. The second kappa shape index (κ2) is 10.9. The third-order valence-corrected chi connectivity index (χ3v) is 6.23. The molecule has 1 aliphatic rings. The van der Waals surface area contributed by atoms with Gasteiger partial charge in [-0.15, -0.1) is 0 Å². The van der Waals surface area contributed by atoms with Gasteiger partial charge in [0.2, 0.25) is 0 Å². The summed E-state index contributed by atoms with van der Waals surface area (Å²) in [6.07, 6.45) is 1.49. The number of nitrogens with one attached hydrogen (secondary N) is 1. The van der Waals surface area contributed by atoms with E-state index in [9.17, 15) is 4.79 Å². The molecule has 0 saturated heterocycles. The fourth-order valence-electron chi connectivity index (χ4n) is 3.63. The first-order valence-corrected chi connectivity index (χ1v) is 12.4. The molecule has 0 radical (unpaired) electrons. The number of hydrogen-bond donors (Lipinski definition) is 3. The molecule has 188 valence electrons. The van der Waals surface area contributed by atoms with E-state index in [0.717, 1.165) is 12.0 Å². The van der Waals surface area contributed by atoms with Gasteiger partial charge in [-0.25, -0.2) is 9.79 Å². The number of carbonyl (C=O) groups excluding carboxylic acids is 1. The lowest BCUT2D eigenvalue weighted by atomic mass is 9.85. The highest BCUT2D eigenvalue weighted by molar-refractivity contribution is 7.80. The average molecular weight is 517 g/mol. The Kier molecular flexibility index (Phi) is 8.41. The zero-order valence-electron chi connectivity index (χ0n) is 20.6. The number of nitrogens with zero attached hydrogens (tertiary/aromatic N) is 1. The second-order valence-electron chi connectivity index (χ2n) is 9.67. The minimum Gasteiger partial charge on any atom is -0.481 e. The molecular weight excluding hydrogens is 484 g/mol. The Hall–Kier alpha value is -2.68. The molecule has 9 heteroatoms. The van der Waals surface area contributed by atoms with Gasteiger partial charge < -0.3 is 26.3 Å². The highest BCUT2D eigenvalue weighted by Crippen LogP contribution is 2.37.